The van der Waals surface area contributed by atoms with Crippen molar-refractivity contribution in [3.63, 3.8) is 0 Å². The van der Waals surface area contributed by atoms with E-state index in [1.807, 2.05) is 18.7 Å². The number of rotatable bonds is 5. The zero-order valence-electron chi connectivity index (χ0n) is 26.1. The van der Waals surface area contributed by atoms with Crippen molar-refractivity contribution in [1.29, 1.82) is 0 Å². The third-order valence-electron chi connectivity index (χ3n) is 9.99. The molecule has 0 spiro atoms. The normalized spacial score (nSPS) is 26.9. The van der Waals surface area contributed by atoms with Crippen molar-refractivity contribution in [1.82, 2.24) is 14.7 Å². The molecule has 6 rings (SSSR count). The number of anilines is 3. The van der Waals surface area contributed by atoms with Gasteiger partial charge in [-0.2, -0.15) is 21.6 Å². The molecule has 1 saturated carbocycles. The Labute approximate surface area is 266 Å². The number of nitrogens with one attached hydrogen (secondary N) is 2. The molecule has 4 bridgehead atoms. The van der Waals surface area contributed by atoms with Crippen LogP contribution in [0.3, 0.4) is 0 Å². The van der Waals surface area contributed by atoms with Crippen molar-refractivity contribution in [2.75, 3.05) is 41.4 Å². The van der Waals surface area contributed by atoms with E-state index in [1.54, 1.807) is 12.1 Å². The summed E-state index contributed by atoms with van der Waals surface area (Å²) in [5.74, 6) is 0.106. The molecule has 250 valence electrons. The maximum atomic E-state index is 13.6. The molecular weight excluding hydrogens is 625 g/mol. The molecule has 11 nitrogen and oxygen atoms in total. The lowest BCUT2D eigenvalue weighted by molar-refractivity contribution is -0.192. The van der Waals surface area contributed by atoms with Gasteiger partial charge in [-0.3, -0.25) is 14.5 Å². The molecule has 3 aliphatic heterocycles. The molecule has 1 unspecified atom stereocenters. The van der Waals surface area contributed by atoms with Crippen molar-refractivity contribution in [3.8, 4) is 0 Å². The van der Waals surface area contributed by atoms with Crippen LogP contribution in [0.5, 0.6) is 0 Å². The molecule has 0 radical (unpaired) electrons. The number of aromatic nitrogens is 2. The summed E-state index contributed by atoms with van der Waals surface area (Å²) in [5.41, 5.74) is -2.13. The van der Waals surface area contributed by atoms with E-state index >= 15 is 0 Å². The topological polar surface area (TPSA) is 134 Å². The molecule has 2 amide bonds. The van der Waals surface area contributed by atoms with Crippen LogP contribution < -0.4 is 19.8 Å². The zero-order valence-corrected chi connectivity index (χ0v) is 26.9. The average Bonchev–Trinajstić information content (AvgIpc) is 3.61. The van der Waals surface area contributed by atoms with Crippen LogP contribution in [0.2, 0.25) is 0 Å². The quantitative estimate of drug-likeness (QED) is 0.474. The number of amides is 2. The Morgan fingerprint density at radius 1 is 1.09 bits per heavy atom. The number of nitrogens with zero attached hydrogens (tertiary/aromatic N) is 4. The fraction of sp³-hybridized carbons (Fsp3) is 0.613. The van der Waals surface area contributed by atoms with Gasteiger partial charge in [-0.05, 0) is 82.1 Å². The number of ether oxygens (including phenoxy) is 1. The first-order chi connectivity index (χ1) is 21.6. The Bertz CT molecular complexity index is 1630. The molecule has 3 atom stereocenters. The fourth-order valence-corrected chi connectivity index (χ4v) is 7.77. The number of sulfonamides is 1. The minimum absolute atomic E-state index is 0.0270. The van der Waals surface area contributed by atoms with Gasteiger partial charge in [-0.1, -0.05) is 13.0 Å². The second-order valence-corrected chi connectivity index (χ2v) is 15.2. The lowest BCUT2D eigenvalue weighted by Crippen LogP contribution is -2.41. The largest absolute Gasteiger partial charge is 0.394 e. The van der Waals surface area contributed by atoms with E-state index in [1.165, 1.54) is 23.1 Å². The van der Waals surface area contributed by atoms with Gasteiger partial charge >= 0.3 is 6.18 Å². The highest BCUT2D eigenvalue weighted by atomic mass is 32.2. The SMILES string of the molecule is C[C@H]1CCNc2cccc(n2)S(=O)(=O)NC(=O)c2ccc(N3CCC(OCCC4(C(F)(F)F)CC4)C3=O)nc2N2C[C@@H]1CC2(C)C. The summed E-state index contributed by atoms with van der Waals surface area (Å²) in [6.07, 6.45) is -3.34. The summed E-state index contributed by atoms with van der Waals surface area (Å²) in [6, 6.07) is 7.47. The zero-order chi connectivity index (χ0) is 33.1. The van der Waals surface area contributed by atoms with Crippen LogP contribution in [0.1, 0.15) is 69.7 Å². The van der Waals surface area contributed by atoms with Gasteiger partial charge in [-0.15, -0.1) is 0 Å². The van der Waals surface area contributed by atoms with Gasteiger partial charge in [0.1, 0.15) is 23.6 Å². The number of fused-ring (bicyclic) bond motifs is 6. The second kappa shape index (κ2) is 11.7. The molecule has 3 fully saturated rings. The third-order valence-corrected chi connectivity index (χ3v) is 11.2. The average molecular weight is 665 g/mol. The second-order valence-electron chi connectivity index (χ2n) is 13.6. The molecule has 2 aromatic rings. The van der Waals surface area contributed by atoms with Gasteiger partial charge in [0.25, 0.3) is 21.8 Å². The Kier molecular flexibility index (Phi) is 8.23. The Hall–Kier alpha value is -3.46. The molecule has 2 aromatic heterocycles. The molecule has 4 aliphatic rings. The van der Waals surface area contributed by atoms with E-state index in [2.05, 4.69) is 21.9 Å². The van der Waals surface area contributed by atoms with Crippen LogP contribution in [0.25, 0.3) is 0 Å². The van der Waals surface area contributed by atoms with Gasteiger partial charge in [0.05, 0.1) is 11.0 Å². The summed E-state index contributed by atoms with van der Waals surface area (Å²) >= 11 is 0. The van der Waals surface area contributed by atoms with Crippen molar-refractivity contribution >= 4 is 39.3 Å². The van der Waals surface area contributed by atoms with Crippen LogP contribution in [-0.4, -0.2) is 74.3 Å². The smallest absolute Gasteiger partial charge is 0.370 e. The van der Waals surface area contributed by atoms with Crippen molar-refractivity contribution in [2.45, 2.75) is 82.1 Å². The van der Waals surface area contributed by atoms with Crippen molar-refractivity contribution in [3.05, 3.63) is 35.9 Å². The van der Waals surface area contributed by atoms with Gasteiger partial charge in [-0.25, -0.2) is 14.7 Å². The lowest BCUT2D eigenvalue weighted by Gasteiger charge is -2.34. The highest BCUT2D eigenvalue weighted by Crippen LogP contribution is 2.60. The van der Waals surface area contributed by atoms with Crippen LogP contribution in [0.4, 0.5) is 30.6 Å². The number of hydrogen-bond acceptors (Lipinski definition) is 9. The Morgan fingerprint density at radius 2 is 1.85 bits per heavy atom. The van der Waals surface area contributed by atoms with E-state index in [-0.39, 0.29) is 72.9 Å². The molecule has 5 heterocycles. The van der Waals surface area contributed by atoms with Crippen molar-refractivity contribution in [2.24, 2.45) is 17.3 Å². The molecule has 46 heavy (non-hydrogen) atoms. The fourth-order valence-electron chi connectivity index (χ4n) is 6.84. The molecule has 2 N–H and O–H groups in total. The first kappa shape index (κ1) is 32.5. The third kappa shape index (κ3) is 6.15. The standard InChI is InChI=1S/C31H39F3N6O5S/c1-19-9-14-35-23-5-4-6-25(36-23)46(43,44)38-27(41)21-7-8-24(37-26(21)40-18-20(19)17-29(40,2)3)39-15-10-22(28(39)42)45-16-13-30(11-12-30)31(32,33)34/h4-8,19-20,22H,9-18H2,1-3H3,(H,35,36)(H,38,41)/t19-,20-,22?/m0/s1. The minimum Gasteiger partial charge on any atom is -0.370 e. The highest BCUT2D eigenvalue weighted by molar-refractivity contribution is 7.90. The predicted octanol–water partition coefficient (Wildman–Crippen LogP) is 4.51. The van der Waals surface area contributed by atoms with Gasteiger partial charge in [0.2, 0.25) is 0 Å². The Morgan fingerprint density at radius 3 is 2.57 bits per heavy atom. The summed E-state index contributed by atoms with van der Waals surface area (Å²) in [7, 11) is -4.34. The van der Waals surface area contributed by atoms with E-state index in [0.29, 0.717) is 18.9 Å². The van der Waals surface area contributed by atoms with Crippen LogP contribution in [0.15, 0.2) is 35.4 Å². The van der Waals surface area contributed by atoms with Crippen LogP contribution in [-0.2, 0) is 19.6 Å². The van der Waals surface area contributed by atoms with Crippen LogP contribution >= 0.6 is 0 Å². The molecular formula is C31H39F3N6O5S. The molecule has 1 aliphatic carbocycles. The van der Waals surface area contributed by atoms with E-state index < -0.39 is 45.1 Å². The van der Waals surface area contributed by atoms with E-state index in [9.17, 15) is 31.2 Å². The van der Waals surface area contributed by atoms with Crippen LogP contribution in [0, 0.1) is 17.3 Å². The summed E-state index contributed by atoms with van der Waals surface area (Å²) < 4.78 is 74.3. The number of pyridine rings is 2. The minimum atomic E-state index is -4.34. The molecule has 2 saturated heterocycles. The lowest BCUT2D eigenvalue weighted by atomic mass is 9.86. The first-order valence-electron chi connectivity index (χ1n) is 15.7. The van der Waals surface area contributed by atoms with E-state index in [0.717, 1.165) is 12.8 Å². The number of carbonyl (C=O) groups excluding carboxylic acids is 2. The monoisotopic (exact) mass is 664 g/mol. The van der Waals surface area contributed by atoms with Gasteiger partial charge < -0.3 is 15.0 Å². The number of hydrogen-bond donors (Lipinski definition) is 2. The predicted molar refractivity (Wildman–Crippen MR) is 164 cm³/mol. The summed E-state index contributed by atoms with van der Waals surface area (Å²) in [4.78, 5) is 39.4. The van der Waals surface area contributed by atoms with Gasteiger partial charge in [0.15, 0.2) is 5.03 Å². The van der Waals surface area contributed by atoms with E-state index in [4.69, 9.17) is 9.72 Å². The van der Waals surface area contributed by atoms with Gasteiger partial charge in [0, 0.05) is 38.2 Å². The maximum Gasteiger partial charge on any atom is 0.394 e. The van der Waals surface area contributed by atoms with Crippen molar-refractivity contribution < 1.29 is 35.9 Å². The number of alkyl halides is 3. The molecule has 15 heteroatoms. The maximum absolute atomic E-state index is 13.6. The number of carbonyl (C=O) groups is 2. The highest BCUT2D eigenvalue weighted by Gasteiger charge is 2.62. The summed E-state index contributed by atoms with van der Waals surface area (Å²) in [6.45, 7) is 7.45. The molecule has 0 aromatic carbocycles. The first-order valence-corrected chi connectivity index (χ1v) is 17.2. The Balaban J connectivity index is 1.29. The summed E-state index contributed by atoms with van der Waals surface area (Å²) in [5, 5.41) is 2.89. The number of halogens is 3.